The Balaban J connectivity index is 1.45. The van der Waals surface area contributed by atoms with Crippen molar-refractivity contribution in [3.8, 4) is 17.6 Å². The van der Waals surface area contributed by atoms with Crippen LogP contribution in [0.4, 0.5) is 5.95 Å². The molecule has 2 N–H and O–H groups in total. The molecule has 16 heteroatoms. The number of nitrogens with one attached hydrogen (secondary N) is 2. The summed E-state index contributed by atoms with van der Waals surface area (Å²) in [5, 5.41) is 12.1. The Labute approximate surface area is 356 Å². The third-order valence-corrected chi connectivity index (χ3v) is 14.0. The van der Waals surface area contributed by atoms with Gasteiger partial charge in [0.25, 0.3) is 14.1 Å². The van der Waals surface area contributed by atoms with Crippen LogP contribution in [0.3, 0.4) is 0 Å². The van der Waals surface area contributed by atoms with Crippen LogP contribution < -0.4 is 20.3 Å². The second kappa shape index (κ2) is 20.2. The fourth-order valence-corrected chi connectivity index (χ4v) is 10.7. The first-order valence-corrected chi connectivity index (χ1v) is 22.2. The van der Waals surface area contributed by atoms with E-state index in [-0.39, 0.29) is 54.0 Å². The van der Waals surface area contributed by atoms with Crippen LogP contribution >= 0.6 is 20.3 Å². The van der Waals surface area contributed by atoms with E-state index >= 15 is 0 Å². The molecule has 1 aliphatic heterocycles. The van der Waals surface area contributed by atoms with Gasteiger partial charge in [-0.2, -0.15) is 10.2 Å². The molecule has 6 rings (SSSR count). The van der Waals surface area contributed by atoms with Gasteiger partial charge < -0.3 is 23.3 Å². The van der Waals surface area contributed by atoms with Crippen molar-refractivity contribution in [2.24, 2.45) is 5.92 Å². The number of H-pyrrole nitrogens is 1. The Hall–Kier alpha value is -4.81. The smallest absolute Gasteiger partial charge is 0.280 e. The number of thioether (sulfide) groups is 1. The molecule has 0 aliphatic carbocycles. The number of imidazole rings is 1. The van der Waals surface area contributed by atoms with Crippen LogP contribution in [0.2, 0.25) is 0 Å². The molecule has 0 radical (unpaired) electrons. The maximum atomic E-state index is 13.2. The van der Waals surface area contributed by atoms with Gasteiger partial charge in [-0.05, 0) is 68.7 Å². The van der Waals surface area contributed by atoms with E-state index in [0.717, 1.165) is 28.2 Å². The standard InChI is InChI=1S/C44H54N7O7PS/c1-28(2)41(52)48-43-47-40-39(42(53)49-43)46-27-50(40)38-25-36(58-59(56-24-12-23-45)51(29(3)4)30(5)6)37(57-38)26-60-44(31-13-10-9-11-14-31,32-15-19-34(54-7)20-16-32)33-17-21-35(55-8)22-18-33/h9-11,13-22,27-30,36-38H,12,24-26H2,1-8H3,(H2,47,48,49,52,53)/t36-,37+,38+,59?/m0/s1. The summed E-state index contributed by atoms with van der Waals surface area (Å²) in [6.07, 6.45) is 0.467. The van der Waals surface area contributed by atoms with Gasteiger partial charge in [-0.1, -0.05) is 68.4 Å². The molecule has 0 spiro atoms. The van der Waals surface area contributed by atoms with Crippen molar-refractivity contribution in [3.05, 3.63) is 112 Å². The Morgan fingerprint density at radius 1 is 0.983 bits per heavy atom. The van der Waals surface area contributed by atoms with E-state index in [1.165, 1.54) is 0 Å². The largest absolute Gasteiger partial charge is 0.497 e. The van der Waals surface area contributed by atoms with Crippen LogP contribution in [0, 0.1) is 17.2 Å². The number of aromatic amines is 1. The number of carbonyl (C=O) groups is 1. The van der Waals surface area contributed by atoms with Crippen molar-refractivity contribution in [2.45, 2.75) is 89.7 Å². The number of hydrogen-bond donors (Lipinski definition) is 2. The Morgan fingerprint density at radius 2 is 1.58 bits per heavy atom. The Morgan fingerprint density at radius 3 is 2.13 bits per heavy atom. The zero-order chi connectivity index (χ0) is 43.0. The quantitative estimate of drug-likeness (QED) is 0.0464. The number of ether oxygens (including phenoxy) is 3. The lowest BCUT2D eigenvalue weighted by Crippen LogP contribution is -2.36. The van der Waals surface area contributed by atoms with Crippen molar-refractivity contribution >= 4 is 43.3 Å². The summed E-state index contributed by atoms with van der Waals surface area (Å²) < 4.78 is 34.8. The summed E-state index contributed by atoms with van der Waals surface area (Å²) in [6, 6.07) is 29.0. The molecule has 1 fully saturated rings. The van der Waals surface area contributed by atoms with Crippen LogP contribution in [0.15, 0.2) is 90.0 Å². The van der Waals surface area contributed by atoms with Crippen molar-refractivity contribution in [1.29, 1.82) is 5.26 Å². The molecule has 1 aliphatic rings. The number of fused-ring (bicyclic) bond motifs is 1. The fraction of sp³-hybridized carbons (Fsp3) is 0.432. The second-order valence-electron chi connectivity index (χ2n) is 15.3. The summed E-state index contributed by atoms with van der Waals surface area (Å²) in [5.41, 5.74) is 3.02. The Bertz CT molecular complexity index is 2230. The highest BCUT2D eigenvalue weighted by Crippen LogP contribution is 2.53. The molecular formula is C44H54N7O7PS. The normalized spacial score (nSPS) is 17.4. The van der Waals surface area contributed by atoms with Crippen LogP contribution in [0.5, 0.6) is 11.5 Å². The second-order valence-corrected chi connectivity index (χ2v) is 17.9. The highest BCUT2D eigenvalue weighted by atomic mass is 32.2. The molecule has 14 nitrogen and oxygen atoms in total. The van der Waals surface area contributed by atoms with E-state index in [0.29, 0.717) is 12.2 Å². The van der Waals surface area contributed by atoms with E-state index in [2.05, 4.69) is 95.1 Å². The van der Waals surface area contributed by atoms with Crippen molar-refractivity contribution in [3.63, 3.8) is 0 Å². The monoisotopic (exact) mass is 855 g/mol. The number of nitrogens with zero attached hydrogens (tertiary/aromatic N) is 5. The predicted molar refractivity (Wildman–Crippen MR) is 235 cm³/mol. The van der Waals surface area contributed by atoms with Crippen LogP contribution in [0.1, 0.15) is 77.3 Å². The molecule has 0 saturated carbocycles. The first-order valence-electron chi connectivity index (χ1n) is 20.1. The lowest BCUT2D eigenvalue weighted by Gasteiger charge is -2.38. The zero-order valence-electron chi connectivity index (χ0n) is 35.3. The van der Waals surface area contributed by atoms with Gasteiger partial charge in [0.1, 0.15) is 17.7 Å². The van der Waals surface area contributed by atoms with E-state index < -0.39 is 37.3 Å². The van der Waals surface area contributed by atoms with Gasteiger partial charge in [-0.25, -0.2) is 9.65 Å². The molecular weight excluding hydrogens is 802 g/mol. The summed E-state index contributed by atoms with van der Waals surface area (Å²) in [5.74, 6) is 1.35. The lowest BCUT2D eigenvalue weighted by atomic mass is 9.84. The third-order valence-electron chi connectivity index (χ3n) is 10.2. The fourth-order valence-electron chi connectivity index (χ4n) is 7.28. The molecule has 0 bridgehead atoms. The van der Waals surface area contributed by atoms with Gasteiger partial charge in [-0.3, -0.25) is 24.5 Å². The van der Waals surface area contributed by atoms with Gasteiger partial charge in [-0.15, -0.1) is 11.8 Å². The molecule has 3 heterocycles. The van der Waals surface area contributed by atoms with Crippen molar-refractivity contribution in [2.75, 3.05) is 31.9 Å². The third kappa shape index (κ3) is 9.86. The summed E-state index contributed by atoms with van der Waals surface area (Å²) in [7, 11) is 1.66. The van der Waals surface area contributed by atoms with Crippen LogP contribution in [-0.2, 0) is 23.3 Å². The van der Waals surface area contributed by atoms with Crippen LogP contribution in [-0.4, -0.2) is 81.0 Å². The summed E-state index contributed by atoms with van der Waals surface area (Å²) in [4.78, 5) is 37.5. The van der Waals surface area contributed by atoms with Gasteiger partial charge in [0.2, 0.25) is 11.9 Å². The number of aromatic nitrogens is 4. The summed E-state index contributed by atoms with van der Waals surface area (Å²) >= 11 is 1.72. The zero-order valence-corrected chi connectivity index (χ0v) is 37.0. The number of anilines is 1. The number of hydrogen-bond acceptors (Lipinski definition) is 12. The van der Waals surface area contributed by atoms with Gasteiger partial charge >= 0.3 is 0 Å². The topological polar surface area (TPSA) is 166 Å². The first-order chi connectivity index (χ1) is 28.9. The van der Waals surface area contributed by atoms with E-state index in [4.69, 9.17) is 23.3 Å². The van der Waals surface area contributed by atoms with Crippen molar-refractivity contribution in [1.82, 2.24) is 24.2 Å². The first kappa shape index (κ1) is 44.7. The van der Waals surface area contributed by atoms with Crippen LogP contribution in [0.25, 0.3) is 11.2 Å². The molecule has 60 heavy (non-hydrogen) atoms. The maximum Gasteiger partial charge on any atom is 0.280 e. The summed E-state index contributed by atoms with van der Waals surface area (Å²) in [6.45, 7) is 12.1. The number of amides is 1. The highest BCUT2D eigenvalue weighted by molar-refractivity contribution is 8.00. The number of nitriles is 1. The highest BCUT2D eigenvalue weighted by Gasteiger charge is 2.45. The SMILES string of the molecule is COc1ccc(C(SC[C@H]2O[C@@H](n3cnc4c(=O)[nH]c(NC(=O)C(C)C)nc43)C[C@@H]2OP(OCCC#N)N(C(C)C)C(C)C)(c2ccccc2)c2ccc(OC)cc2)cc1. The average molecular weight is 856 g/mol. The lowest BCUT2D eigenvalue weighted by molar-refractivity contribution is -0.118. The Kier molecular flexibility index (Phi) is 15.0. The molecule has 1 saturated heterocycles. The minimum atomic E-state index is -1.65. The molecule has 4 atom stereocenters. The molecule has 1 unspecified atom stereocenters. The molecule has 3 aromatic carbocycles. The predicted octanol–water partition coefficient (Wildman–Crippen LogP) is 8.41. The molecule has 318 valence electrons. The van der Waals surface area contributed by atoms with Crippen molar-refractivity contribution < 1.29 is 28.1 Å². The molecule has 5 aromatic rings. The van der Waals surface area contributed by atoms with E-state index in [9.17, 15) is 14.9 Å². The minimum Gasteiger partial charge on any atom is -0.497 e. The van der Waals surface area contributed by atoms with Gasteiger partial charge in [0, 0.05) is 30.2 Å². The van der Waals surface area contributed by atoms with Gasteiger partial charge in [0.05, 0.1) is 56.6 Å². The maximum absolute atomic E-state index is 13.2. The average Bonchev–Trinajstić information content (AvgIpc) is 3.85. The van der Waals surface area contributed by atoms with E-state index in [1.54, 1.807) is 50.7 Å². The minimum absolute atomic E-state index is 0.0244. The molecule has 2 aromatic heterocycles. The number of rotatable bonds is 19. The molecule has 1 amide bonds. The number of methoxy groups -OCH3 is 2. The number of carbonyl (C=O) groups excluding carboxylic acids is 1. The number of benzene rings is 3. The van der Waals surface area contributed by atoms with Gasteiger partial charge in [0.15, 0.2) is 11.2 Å². The van der Waals surface area contributed by atoms with E-state index in [1.807, 2.05) is 42.5 Å².